The number of fused-ring (bicyclic) bond motifs is 5. The summed E-state index contributed by atoms with van der Waals surface area (Å²) in [5, 5.41) is 18.7. The molecule has 0 amide bonds. The molecule has 0 saturated heterocycles. The molecule has 4 rings (SSSR count). The van der Waals surface area contributed by atoms with Crippen LogP contribution in [0.3, 0.4) is 0 Å². The van der Waals surface area contributed by atoms with Crippen molar-refractivity contribution in [2.45, 2.75) is 85.0 Å². The number of carbonyl (C=O) groups is 1. The zero-order valence-electron chi connectivity index (χ0n) is 18.1. The van der Waals surface area contributed by atoms with E-state index in [4.69, 9.17) is 0 Å². The van der Waals surface area contributed by atoms with Gasteiger partial charge in [0.05, 0.1) is 0 Å². The van der Waals surface area contributed by atoms with Gasteiger partial charge in [-0.25, -0.2) is 0 Å². The topological polar surface area (TPSA) is 57.5 Å². The molecule has 4 aliphatic rings. The molecular formula is C25H40O3. The van der Waals surface area contributed by atoms with Gasteiger partial charge in [0.25, 0.3) is 0 Å². The van der Waals surface area contributed by atoms with Crippen LogP contribution < -0.4 is 0 Å². The molecular weight excluding hydrogens is 348 g/mol. The van der Waals surface area contributed by atoms with Crippen LogP contribution in [0.4, 0.5) is 0 Å². The molecule has 3 nitrogen and oxygen atoms in total. The van der Waals surface area contributed by atoms with Gasteiger partial charge in [0.2, 0.25) is 0 Å². The van der Waals surface area contributed by atoms with Gasteiger partial charge in [-0.1, -0.05) is 32.4 Å². The summed E-state index contributed by atoms with van der Waals surface area (Å²) in [4.78, 5) is 11.2. The number of carboxylic acids is 1. The highest BCUT2D eigenvalue weighted by Gasteiger charge is 2.58. The monoisotopic (exact) mass is 388 g/mol. The first-order chi connectivity index (χ1) is 13.3. The lowest BCUT2D eigenvalue weighted by atomic mass is 9.47. The summed E-state index contributed by atoms with van der Waals surface area (Å²) in [6.45, 7) is 7.77. The van der Waals surface area contributed by atoms with Gasteiger partial charge in [0.1, 0.15) is 0 Å². The molecule has 2 N–H and O–H groups in total. The molecule has 8 atom stereocenters. The third-order valence-electron chi connectivity index (χ3n) is 10.00. The van der Waals surface area contributed by atoms with E-state index in [0.717, 1.165) is 37.0 Å². The first-order valence-electron chi connectivity index (χ1n) is 11.8. The molecule has 158 valence electrons. The van der Waals surface area contributed by atoms with Crippen LogP contribution in [0.2, 0.25) is 0 Å². The number of allylic oxidation sites excluding steroid dienone is 2. The Morgan fingerprint density at radius 3 is 2.57 bits per heavy atom. The van der Waals surface area contributed by atoms with Crippen LogP contribution in [0.5, 0.6) is 0 Å². The van der Waals surface area contributed by atoms with E-state index in [2.05, 4.69) is 26.8 Å². The maximum atomic E-state index is 11.2. The van der Waals surface area contributed by atoms with Crippen molar-refractivity contribution in [2.75, 3.05) is 6.61 Å². The fourth-order valence-corrected chi connectivity index (χ4v) is 8.41. The molecule has 0 bridgehead atoms. The Hall–Kier alpha value is -0.830. The first-order valence-corrected chi connectivity index (χ1v) is 11.8. The normalized spacial score (nSPS) is 46.1. The van der Waals surface area contributed by atoms with Crippen LogP contribution in [0, 0.1) is 46.3 Å². The SMILES string of the molecule is C[C@H](CCO)[C@H]1CC[C@H]2C3=CCC4C[C@@H](CC(=O)O)CC[C@]4(C)[C@H]3CC[C@]12C. The van der Waals surface area contributed by atoms with Crippen LogP contribution in [0.1, 0.15) is 85.0 Å². The first kappa shape index (κ1) is 20.4. The van der Waals surface area contributed by atoms with E-state index >= 15 is 0 Å². The maximum absolute atomic E-state index is 11.2. The number of hydrogen-bond acceptors (Lipinski definition) is 2. The third-order valence-corrected chi connectivity index (χ3v) is 10.00. The molecule has 0 heterocycles. The largest absolute Gasteiger partial charge is 0.481 e. The van der Waals surface area contributed by atoms with E-state index in [0.29, 0.717) is 41.6 Å². The highest BCUT2D eigenvalue weighted by Crippen LogP contribution is 2.67. The van der Waals surface area contributed by atoms with Crippen LogP contribution in [-0.2, 0) is 4.79 Å². The summed E-state index contributed by atoms with van der Waals surface area (Å²) in [6.07, 6.45) is 13.8. The van der Waals surface area contributed by atoms with Crippen molar-refractivity contribution in [1.82, 2.24) is 0 Å². The summed E-state index contributed by atoms with van der Waals surface area (Å²) in [5.41, 5.74) is 2.58. The molecule has 1 unspecified atom stereocenters. The minimum atomic E-state index is -0.622. The highest BCUT2D eigenvalue weighted by molar-refractivity contribution is 5.67. The van der Waals surface area contributed by atoms with Gasteiger partial charge in [-0.3, -0.25) is 4.79 Å². The van der Waals surface area contributed by atoms with Crippen molar-refractivity contribution in [1.29, 1.82) is 0 Å². The summed E-state index contributed by atoms with van der Waals surface area (Å²) in [7, 11) is 0. The highest BCUT2D eigenvalue weighted by atomic mass is 16.4. The summed E-state index contributed by atoms with van der Waals surface area (Å²) >= 11 is 0. The predicted octanol–water partition coefficient (Wildman–Crippen LogP) is 5.67. The van der Waals surface area contributed by atoms with E-state index in [1.54, 1.807) is 5.57 Å². The Kier molecular flexibility index (Phi) is 5.44. The number of aliphatic hydroxyl groups is 1. The zero-order valence-corrected chi connectivity index (χ0v) is 18.1. The Balaban J connectivity index is 1.55. The van der Waals surface area contributed by atoms with Crippen molar-refractivity contribution in [3.8, 4) is 0 Å². The van der Waals surface area contributed by atoms with E-state index in [1.807, 2.05) is 0 Å². The summed E-state index contributed by atoms with van der Waals surface area (Å²) < 4.78 is 0. The van der Waals surface area contributed by atoms with E-state index in [-0.39, 0.29) is 0 Å². The molecule has 3 heteroatoms. The Bertz CT molecular complexity index is 640. The van der Waals surface area contributed by atoms with Crippen LogP contribution in [0.25, 0.3) is 0 Å². The number of rotatable bonds is 5. The molecule has 0 radical (unpaired) electrons. The average Bonchev–Trinajstić information content (AvgIpc) is 2.99. The van der Waals surface area contributed by atoms with Gasteiger partial charge in [-0.05, 0) is 104 Å². The fourth-order valence-electron chi connectivity index (χ4n) is 8.41. The van der Waals surface area contributed by atoms with Gasteiger partial charge in [-0.15, -0.1) is 0 Å². The van der Waals surface area contributed by atoms with Crippen LogP contribution in [0.15, 0.2) is 11.6 Å². The second-order valence-corrected chi connectivity index (χ2v) is 11.2. The second kappa shape index (κ2) is 7.45. The standard InChI is InChI=1S/C25H40O3/c1-16(10-13-26)20-6-7-21-19-5-4-18-14-17(15-23(27)28)8-11-24(18,2)22(19)9-12-25(20,21)3/h5,16-18,20-22,26H,4,6-15H2,1-3H3,(H,27,28)/t16-,17+,18?,20-,21+,22+,24+,25-/m1/s1. The smallest absolute Gasteiger partial charge is 0.303 e. The van der Waals surface area contributed by atoms with Gasteiger partial charge in [-0.2, -0.15) is 0 Å². The minimum absolute atomic E-state index is 0.320. The zero-order chi connectivity index (χ0) is 20.1. The Morgan fingerprint density at radius 1 is 1.14 bits per heavy atom. The van der Waals surface area contributed by atoms with Crippen molar-refractivity contribution in [2.24, 2.45) is 46.3 Å². The maximum Gasteiger partial charge on any atom is 0.303 e. The van der Waals surface area contributed by atoms with Crippen molar-refractivity contribution >= 4 is 5.97 Å². The Morgan fingerprint density at radius 2 is 1.86 bits per heavy atom. The number of carboxylic acid groups (broad SMARTS) is 1. The third kappa shape index (κ3) is 3.16. The number of hydrogen-bond donors (Lipinski definition) is 2. The van der Waals surface area contributed by atoms with Crippen LogP contribution in [-0.4, -0.2) is 22.8 Å². The molecule has 28 heavy (non-hydrogen) atoms. The summed E-state index contributed by atoms with van der Waals surface area (Å²) in [6, 6.07) is 0. The second-order valence-electron chi connectivity index (χ2n) is 11.2. The van der Waals surface area contributed by atoms with Gasteiger partial charge < -0.3 is 10.2 Å². The van der Waals surface area contributed by atoms with Gasteiger partial charge in [0, 0.05) is 13.0 Å². The van der Waals surface area contributed by atoms with E-state index in [9.17, 15) is 15.0 Å². The Labute approximate surface area is 171 Å². The van der Waals surface area contributed by atoms with Gasteiger partial charge in [0.15, 0.2) is 0 Å². The molecule has 0 spiro atoms. The van der Waals surface area contributed by atoms with E-state index in [1.165, 1.54) is 38.5 Å². The van der Waals surface area contributed by atoms with Crippen molar-refractivity contribution in [3.63, 3.8) is 0 Å². The number of aliphatic hydroxyl groups excluding tert-OH is 1. The fraction of sp³-hybridized carbons (Fsp3) is 0.880. The van der Waals surface area contributed by atoms with E-state index < -0.39 is 5.97 Å². The molecule has 3 fully saturated rings. The molecule has 0 aliphatic heterocycles. The molecule has 3 saturated carbocycles. The molecule has 0 aromatic carbocycles. The lowest BCUT2D eigenvalue weighted by molar-refractivity contribution is -0.139. The minimum Gasteiger partial charge on any atom is -0.481 e. The average molecular weight is 389 g/mol. The summed E-state index contributed by atoms with van der Waals surface area (Å²) in [5.74, 6) is 3.28. The van der Waals surface area contributed by atoms with Crippen molar-refractivity contribution < 1.29 is 15.0 Å². The lowest BCUT2D eigenvalue weighted by Gasteiger charge is -2.58. The number of aliphatic carboxylic acids is 1. The van der Waals surface area contributed by atoms with Gasteiger partial charge >= 0.3 is 5.97 Å². The lowest BCUT2D eigenvalue weighted by Crippen LogP contribution is -2.49. The predicted molar refractivity (Wildman–Crippen MR) is 112 cm³/mol. The molecule has 0 aromatic heterocycles. The van der Waals surface area contributed by atoms with Crippen molar-refractivity contribution in [3.05, 3.63) is 11.6 Å². The molecule has 0 aromatic rings. The molecule has 4 aliphatic carbocycles. The quantitative estimate of drug-likeness (QED) is 0.596. The van der Waals surface area contributed by atoms with Crippen LogP contribution >= 0.6 is 0 Å².